The van der Waals surface area contributed by atoms with Gasteiger partial charge in [0.1, 0.15) is 11.5 Å². The molecule has 1 aliphatic heterocycles. The van der Waals surface area contributed by atoms with Crippen molar-refractivity contribution in [3.63, 3.8) is 0 Å². The molecule has 1 fully saturated rings. The number of nitrogens with one attached hydrogen (secondary N) is 1. The molecule has 7 heteroatoms. The van der Waals surface area contributed by atoms with Gasteiger partial charge < -0.3 is 14.8 Å². The third-order valence-electron chi connectivity index (χ3n) is 5.77. The number of aliphatic hydroxyl groups excluding tert-OH is 1. The summed E-state index contributed by atoms with van der Waals surface area (Å²) >= 11 is 0. The van der Waals surface area contributed by atoms with E-state index in [1.54, 1.807) is 24.3 Å². The van der Waals surface area contributed by atoms with Gasteiger partial charge in [0.05, 0.1) is 29.3 Å². The second-order valence-electron chi connectivity index (χ2n) is 8.03. The number of fused-ring (bicyclic) bond motifs is 1. The largest absolute Gasteiger partial charge is 0.507 e. The maximum Gasteiger partial charge on any atom is 0.302 e. The van der Waals surface area contributed by atoms with Crippen LogP contribution in [0.1, 0.15) is 30.5 Å². The second-order valence-corrected chi connectivity index (χ2v) is 8.03. The number of carbonyl (C=O) groups excluding carboxylic acids is 2. The van der Waals surface area contributed by atoms with Crippen molar-refractivity contribution in [1.29, 1.82) is 0 Å². The lowest BCUT2D eigenvalue weighted by Gasteiger charge is -2.23. The van der Waals surface area contributed by atoms with Gasteiger partial charge in [-0.1, -0.05) is 49.4 Å². The number of nitrogens with zero attached hydrogens (tertiary/aromatic N) is 2. The number of hydrogen-bond acceptors (Lipinski definition) is 5. The number of anilines is 1. The maximum atomic E-state index is 13.2. The number of ether oxygens (including phenoxy) is 1. The van der Waals surface area contributed by atoms with Crippen LogP contribution in [0.4, 0.5) is 5.95 Å². The smallest absolute Gasteiger partial charge is 0.302 e. The predicted molar refractivity (Wildman–Crippen MR) is 130 cm³/mol. The summed E-state index contributed by atoms with van der Waals surface area (Å²) in [5.41, 5.74) is 2.54. The van der Waals surface area contributed by atoms with Crippen molar-refractivity contribution < 1.29 is 19.4 Å². The van der Waals surface area contributed by atoms with Gasteiger partial charge in [-0.3, -0.25) is 14.5 Å². The van der Waals surface area contributed by atoms with Crippen molar-refractivity contribution in [2.24, 2.45) is 0 Å². The van der Waals surface area contributed by atoms with Crippen LogP contribution < -0.4 is 9.64 Å². The van der Waals surface area contributed by atoms with E-state index >= 15 is 0 Å². The highest BCUT2D eigenvalue weighted by Gasteiger charge is 2.48. The highest BCUT2D eigenvalue weighted by atomic mass is 16.5. The fourth-order valence-corrected chi connectivity index (χ4v) is 4.14. The molecule has 4 aromatic rings. The number of Topliss-reactive ketones (excluding diaryl/α,β-unsaturated/α-hetero) is 1. The molecule has 0 saturated carbocycles. The Hall–Kier alpha value is -4.39. The first kappa shape index (κ1) is 21.5. The van der Waals surface area contributed by atoms with Crippen LogP contribution in [0.15, 0.2) is 84.4 Å². The third kappa shape index (κ3) is 3.71. The Labute approximate surface area is 196 Å². The summed E-state index contributed by atoms with van der Waals surface area (Å²) in [4.78, 5) is 35.5. The standard InChI is InChI=1S/C27H23N3O4/c1-2-16-34-19-14-12-18(13-15-19)24(31)22-23(17-8-4-3-5-9-17)30(26(33)25(22)32)27-28-20-10-6-7-11-21(20)29-27/h3-15,23,31H,2,16H2,1H3,(H,28,29)/b24-22+. The van der Waals surface area contributed by atoms with Crippen molar-refractivity contribution in [3.05, 3.63) is 95.6 Å². The summed E-state index contributed by atoms with van der Waals surface area (Å²) in [5, 5.41) is 11.2. The number of imidazole rings is 1. The fourth-order valence-electron chi connectivity index (χ4n) is 4.14. The van der Waals surface area contributed by atoms with Crippen molar-refractivity contribution in [2.45, 2.75) is 19.4 Å². The van der Waals surface area contributed by atoms with Crippen LogP contribution in [-0.4, -0.2) is 33.4 Å². The predicted octanol–water partition coefficient (Wildman–Crippen LogP) is 4.98. The van der Waals surface area contributed by atoms with Gasteiger partial charge in [-0.2, -0.15) is 0 Å². The lowest BCUT2D eigenvalue weighted by Crippen LogP contribution is -2.30. The lowest BCUT2D eigenvalue weighted by atomic mass is 9.95. The topological polar surface area (TPSA) is 95.5 Å². The number of carbonyl (C=O) groups is 2. The van der Waals surface area contributed by atoms with E-state index < -0.39 is 17.7 Å². The Morgan fingerprint density at radius 3 is 2.41 bits per heavy atom. The van der Waals surface area contributed by atoms with E-state index in [1.165, 1.54) is 4.90 Å². The molecule has 0 radical (unpaired) electrons. The zero-order chi connectivity index (χ0) is 23.7. The Morgan fingerprint density at radius 2 is 1.71 bits per heavy atom. The molecule has 1 saturated heterocycles. The normalized spacial score (nSPS) is 17.4. The minimum absolute atomic E-state index is 0.0129. The summed E-state index contributed by atoms with van der Waals surface area (Å²) in [6.45, 7) is 2.60. The van der Waals surface area contributed by atoms with Crippen molar-refractivity contribution in [2.75, 3.05) is 11.5 Å². The number of benzene rings is 3. The van der Waals surface area contributed by atoms with Crippen molar-refractivity contribution in [1.82, 2.24) is 9.97 Å². The number of H-pyrrole nitrogens is 1. The molecular formula is C27H23N3O4. The van der Waals surface area contributed by atoms with Crippen molar-refractivity contribution in [3.8, 4) is 5.75 Å². The molecule has 1 aromatic heterocycles. The monoisotopic (exact) mass is 453 g/mol. The van der Waals surface area contributed by atoms with E-state index in [0.717, 1.165) is 11.9 Å². The van der Waals surface area contributed by atoms with Gasteiger partial charge >= 0.3 is 5.91 Å². The number of aliphatic hydroxyl groups is 1. The molecule has 3 aromatic carbocycles. The SMILES string of the molecule is CCCOc1ccc(/C(O)=C2\C(=O)C(=O)N(c3nc4ccccc4[nH]3)C2c2ccccc2)cc1. The van der Waals surface area contributed by atoms with E-state index in [4.69, 9.17) is 4.74 Å². The molecule has 34 heavy (non-hydrogen) atoms. The average molecular weight is 453 g/mol. The van der Waals surface area contributed by atoms with E-state index in [0.29, 0.717) is 29.0 Å². The number of aromatic amines is 1. The highest BCUT2D eigenvalue weighted by molar-refractivity contribution is 6.51. The first-order valence-corrected chi connectivity index (χ1v) is 11.1. The molecule has 5 rings (SSSR count). The first-order valence-electron chi connectivity index (χ1n) is 11.1. The Balaban J connectivity index is 1.63. The van der Waals surface area contributed by atoms with Gasteiger partial charge in [-0.05, 0) is 48.4 Å². The van der Waals surface area contributed by atoms with Gasteiger partial charge in [0.25, 0.3) is 5.78 Å². The number of para-hydroxylation sites is 2. The molecule has 1 atom stereocenters. The van der Waals surface area contributed by atoms with Gasteiger partial charge in [-0.25, -0.2) is 4.98 Å². The number of ketones is 1. The molecule has 2 heterocycles. The molecule has 1 aliphatic rings. The number of aromatic nitrogens is 2. The molecule has 1 unspecified atom stereocenters. The Morgan fingerprint density at radius 1 is 1.00 bits per heavy atom. The Kier molecular flexibility index (Phi) is 5.59. The van der Waals surface area contributed by atoms with Crippen LogP contribution in [0, 0.1) is 0 Å². The lowest BCUT2D eigenvalue weighted by molar-refractivity contribution is -0.132. The summed E-state index contributed by atoms with van der Waals surface area (Å²) < 4.78 is 5.61. The summed E-state index contributed by atoms with van der Waals surface area (Å²) in [5.74, 6) is -0.844. The molecule has 0 bridgehead atoms. The fraction of sp³-hybridized carbons (Fsp3) is 0.148. The van der Waals surface area contributed by atoms with Gasteiger partial charge in [-0.15, -0.1) is 0 Å². The number of rotatable bonds is 6. The molecule has 7 nitrogen and oxygen atoms in total. The maximum absolute atomic E-state index is 13.2. The zero-order valence-electron chi connectivity index (χ0n) is 18.6. The van der Waals surface area contributed by atoms with E-state index in [-0.39, 0.29) is 17.3 Å². The summed E-state index contributed by atoms with van der Waals surface area (Å²) in [6, 6.07) is 22.5. The minimum atomic E-state index is -0.835. The second kappa shape index (κ2) is 8.86. The van der Waals surface area contributed by atoms with Crippen LogP contribution in [0.3, 0.4) is 0 Å². The van der Waals surface area contributed by atoms with Gasteiger partial charge in [0.2, 0.25) is 5.95 Å². The van der Waals surface area contributed by atoms with Crippen LogP contribution in [0.5, 0.6) is 5.75 Å². The molecular weight excluding hydrogens is 430 g/mol. The van der Waals surface area contributed by atoms with Gasteiger partial charge in [0.15, 0.2) is 0 Å². The first-order chi connectivity index (χ1) is 16.6. The third-order valence-corrected chi connectivity index (χ3v) is 5.77. The van der Waals surface area contributed by atoms with Crippen LogP contribution in [0.2, 0.25) is 0 Å². The average Bonchev–Trinajstić information content (AvgIpc) is 3.41. The summed E-state index contributed by atoms with van der Waals surface area (Å²) in [6.07, 6.45) is 0.879. The van der Waals surface area contributed by atoms with Crippen LogP contribution >= 0.6 is 0 Å². The van der Waals surface area contributed by atoms with Crippen molar-refractivity contribution >= 4 is 34.4 Å². The molecule has 1 amide bonds. The van der Waals surface area contributed by atoms with Crippen LogP contribution in [0.25, 0.3) is 16.8 Å². The van der Waals surface area contributed by atoms with E-state index in [9.17, 15) is 14.7 Å². The van der Waals surface area contributed by atoms with Gasteiger partial charge in [0, 0.05) is 5.56 Å². The minimum Gasteiger partial charge on any atom is -0.507 e. The molecule has 2 N–H and O–H groups in total. The molecule has 0 spiro atoms. The van der Waals surface area contributed by atoms with E-state index in [2.05, 4.69) is 9.97 Å². The zero-order valence-corrected chi connectivity index (χ0v) is 18.6. The van der Waals surface area contributed by atoms with Crippen LogP contribution in [-0.2, 0) is 9.59 Å². The number of hydrogen-bond donors (Lipinski definition) is 2. The molecule has 170 valence electrons. The highest BCUT2D eigenvalue weighted by Crippen LogP contribution is 2.41. The Bertz CT molecular complexity index is 1360. The molecule has 0 aliphatic carbocycles. The summed E-state index contributed by atoms with van der Waals surface area (Å²) in [7, 11) is 0. The van der Waals surface area contributed by atoms with E-state index in [1.807, 2.05) is 61.5 Å². The quantitative estimate of drug-likeness (QED) is 0.244. The number of amides is 1.